The molecular formula is C12H9F2NO4S2. The van der Waals surface area contributed by atoms with Gasteiger partial charge in [-0.2, -0.15) is 0 Å². The molecule has 9 heteroatoms. The lowest BCUT2D eigenvalue weighted by molar-refractivity contribution is 0.0595. The Morgan fingerprint density at radius 2 is 2.00 bits per heavy atom. The Morgan fingerprint density at radius 1 is 1.29 bits per heavy atom. The molecule has 0 spiro atoms. The molecule has 5 nitrogen and oxygen atoms in total. The summed E-state index contributed by atoms with van der Waals surface area (Å²) in [6, 6.07) is 4.00. The van der Waals surface area contributed by atoms with Crippen LogP contribution in [0, 0.1) is 11.6 Å². The molecule has 1 N–H and O–H groups in total. The highest BCUT2D eigenvalue weighted by Crippen LogP contribution is 2.24. The van der Waals surface area contributed by atoms with Gasteiger partial charge in [-0.1, -0.05) is 6.07 Å². The predicted molar refractivity (Wildman–Crippen MR) is 72.8 cm³/mol. The first-order valence-corrected chi connectivity index (χ1v) is 7.85. The Balaban J connectivity index is 2.38. The van der Waals surface area contributed by atoms with Crippen LogP contribution in [0.5, 0.6) is 0 Å². The van der Waals surface area contributed by atoms with E-state index in [1.807, 2.05) is 4.72 Å². The van der Waals surface area contributed by atoms with Gasteiger partial charge in [-0.25, -0.2) is 22.0 Å². The van der Waals surface area contributed by atoms with Crippen LogP contribution in [-0.4, -0.2) is 21.5 Å². The molecule has 2 rings (SSSR count). The van der Waals surface area contributed by atoms with Gasteiger partial charge in [0.25, 0.3) is 10.0 Å². The van der Waals surface area contributed by atoms with E-state index in [0.29, 0.717) is 12.1 Å². The minimum absolute atomic E-state index is 0.0423. The molecule has 0 bridgehead atoms. The van der Waals surface area contributed by atoms with E-state index in [4.69, 9.17) is 0 Å². The normalized spacial score (nSPS) is 11.2. The number of hydrogen-bond donors (Lipinski definition) is 1. The molecule has 1 aromatic heterocycles. The molecule has 0 aliphatic heterocycles. The summed E-state index contributed by atoms with van der Waals surface area (Å²) < 4.78 is 57.5. The van der Waals surface area contributed by atoms with Gasteiger partial charge in [0.1, 0.15) is 15.8 Å². The monoisotopic (exact) mass is 333 g/mol. The SMILES string of the molecule is COC(=O)c1cc(F)c(NS(=O)(=O)c2cccs2)cc1F. The summed E-state index contributed by atoms with van der Waals surface area (Å²) in [5.41, 5.74) is -1.21. The second kappa shape index (κ2) is 5.78. The van der Waals surface area contributed by atoms with E-state index < -0.39 is 38.9 Å². The number of benzene rings is 1. The van der Waals surface area contributed by atoms with Crippen molar-refractivity contribution in [2.75, 3.05) is 11.8 Å². The maximum absolute atomic E-state index is 13.8. The summed E-state index contributed by atoms with van der Waals surface area (Å²) in [5, 5.41) is 1.53. The molecule has 1 heterocycles. The smallest absolute Gasteiger partial charge is 0.340 e. The molecule has 1 aromatic carbocycles. The fourth-order valence-electron chi connectivity index (χ4n) is 1.50. The largest absolute Gasteiger partial charge is 0.465 e. The minimum Gasteiger partial charge on any atom is -0.465 e. The first-order valence-electron chi connectivity index (χ1n) is 5.49. The molecule has 0 saturated heterocycles. The summed E-state index contributed by atoms with van der Waals surface area (Å²) >= 11 is 0.930. The van der Waals surface area contributed by atoms with E-state index in [2.05, 4.69) is 4.74 Å². The van der Waals surface area contributed by atoms with Crippen LogP contribution in [0.25, 0.3) is 0 Å². The van der Waals surface area contributed by atoms with Crippen molar-refractivity contribution in [2.45, 2.75) is 4.21 Å². The van der Waals surface area contributed by atoms with E-state index in [-0.39, 0.29) is 4.21 Å². The van der Waals surface area contributed by atoms with Gasteiger partial charge in [-0.05, 0) is 17.5 Å². The number of anilines is 1. The van der Waals surface area contributed by atoms with Crippen LogP contribution in [0.1, 0.15) is 10.4 Å². The summed E-state index contributed by atoms with van der Waals surface area (Å²) in [6.45, 7) is 0. The first kappa shape index (κ1) is 15.4. The van der Waals surface area contributed by atoms with Crippen molar-refractivity contribution < 1.29 is 26.7 Å². The molecule has 0 atom stereocenters. The van der Waals surface area contributed by atoms with Gasteiger partial charge >= 0.3 is 5.97 Å². The van der Waals surface area contributed by atoms with Crippen molar-refractivity contribution >= 4 is 33.0 Å². The third-order valence-electron chi connectivity index (χ3n) is 2.47. The lowest BCUT2D eigenvalue weighted by Gasteiger charge is -2.09. The van der Waals surface area contributed by atoms with E-state index in [9.17, 15) is 22.0 Å². The van der Waals surface area contributed by atoms with Gasteiger partial charge in [0, 0.05) is 6.07 Å². The zero-order valence-electron chi connectivity index (χ0n) is 10.6. The molecular weight excluding hydrogens is 324 g/mol. The Morgan fingerprint density at radius 3 is 2.57 bits per heavy atom. The van der Waals surface area contributed by atoms with Gasteiger partial charge in [0.05, 0.1) is 18.4 Å². The van der Waals surface area contributed by atoms with E-state index >= 15 is 0 Å². The van der Waals surface area contributed by atoms with Gasteiger partial charge in [-0.3, -0.25) is 4.72 Å². The summed E-state index contributed by atoms with van der Waals surface area (Å²) in [6.07, 6.45) is 0. The van der Waals surface area contributed by atoms with Crippen LogP contribution in [0.15, 0.2) is 33.9 Å². The third-order valence-corrected chi connectivity index (χ3v) is 5.23. The lowest BCUT2D eigenvalue weighted by Crippen LogP contribution is -2.14. The topological polar surface area (TPSA) is 72.5 Å². The molecule has 0 amide bonds. The summed E-state index contributed by atoms with van der Waals surface area (Å²) in [5.74, 6) is -3.23. The maximum atomic E-state index is 13.8. The van der Waals surface area contributed by atoms with Crippen LogP contribution in [0.4, 0.5) is 14.5 Å². The highest BCUT2D eigenvalue weighted by molar-refractivity contribution is 7.94. The van der Waals surface area contributed by atoms with Gasteiger partial charge < -0.3 is 4.74 Å². The van der Waals surface area contributed by atoms with Crippen LogP contribution < -0.4 is 4.72 Å². The molecule has 0 aliphatic rings. The average molecular weight is 333 g/mol. The van der Waals surface area contributed by atoms with E-state index in [0.717, 1.165) is 18.4 Å². The first-order chi connectivity index (χ1) is 9.85. The Hall–Kier alpha value is -2.00. The van der Waals surface area contributed by atoms with Crippen LogP contribution in [0.2, 0.25) is 0 Å². The average Bonchev–Trinajstić information content (AvgIpc) is 2.96. The molecule has 0 radical (unpaired) electrons. The second-order valence-corrected chi connectivity index (χ2v) is 6.70. The standard InChI is InChI=1S/C12H9F2NO4S2/c1-19-12(16)7-5-9(14)10(6-8(7)13)15-21(17,18)11-3-2-4-20-11/h2-6,15H,1H3. The van der Waals surface area contributed by atoms with Crippen molar-refractivity contribution in [3.63, 3.8) is 0 Å². The number of esters is 1. The van der Waals surface area contributed by atoms with Crippen molar-refractivity contribution in [1.82, 2.24) is 0 Å². The number of halogens is 2. The second-order valence-electron chi connectivity index (χ2n) is 3.84. The molecule has 21 heavy (non-hydrogen) atoms. The number of methoxy groups -OCH3 is 1. The number of carbonyl (C=O) groups excluding carboxylic acids is 1. The lowest BCUT2D eigenvalue weighted by atomic mass is 10.2. The van der Waals surface area contributed by atoms with Gasteiger partial charge in [0.2, 0.25) is 0 Å². The van der Waals surface area contributed by atoms with Gasteiger partial charge in [0.15, 0.2) is 0 Å². The van der Waals surface area contributed by atoms with Gasteiger partial charge in [-0.15, -0.1) is 11.3 Å². The molecule has 0 aliphatic carbocycles. The van der Waals surface area contributed by atoms with Crippen LogP contribution >= 0.6 is 11.3 Å². The number of hydrogen-bond acceptors (Lipinski definition) is 5. The number of ether oxygens (including phenoxy) is 1. The fourth-order valence-corrected chi connectivity index (χ4v) is 3.55. The number of thiophene rings is 1. The molecule has 0 unspecified atom stereocenters. The minimum atomic E-state index is -4.00. The molecule has 0 fully saturated rings. The Bertz CT molecular complexity index is 773. The maximum Gasteiger partial charge on any atom is 0.340 e. The molecule has 2 aromatic rings. The summed E-state index contributed by atoms with van der Waals surface area (Å²) in [7, 11) is -2.98. The summed E-state index contributed by atoms with van der Waals surface area (Å²) in [4.78, 5) is 11.2. The Labute approximate surface area is 123 Å². The van der Waals surface area contributed by atoms with Crippen LogP contribution in [0.3, 0.4) is 0 Å². The number of rotatable bonds is 4. The molecule has 0 saturated carbocycles. The van der Waals surface area contributed by atoms with Crippen molar-refractivity contribution in [1.29, 1.82) is 0 Å². The van der Waals surface area contributed by atoms with Crippen molar-refractivity contribution in [2.24, 2.45) is 0 Å². The van der Waals surface area contributed by atoms with Crippen molar-refractivity contribution in [3.8, 4) is 0 Å². The van der Waals surface area contributed by atoms with E-state index in [1.165, 1.54) is 17.5 Å². The highest BCUT2D eigenvalue weighted by atomic mass is 32.2. The quantitative estimate of drug-likeness (QED) is 0.873. The predicted octanol–water partition coefficient (Wildman–Crippen LogP) is 2.61. The zero-order valence-corrected chi connectivity index (χ0v) is 12.2. The Kier molecular flexibility index (Phi) is 4.24. The number of sulfonamides is 1. The molecule has 112 valence electrons. The van der Waals surface area contributed by atoms with E-state index in [1.54, 1.807) is 0 Å². The third kappa shape index (κ3) is 3.19. The number of nitrogens with one attached hydrogen (secondary N) is 1. The van der Waals surface area contributed by atoms with Crippen LogP contribution in [-0.2, 0) is 14.8 Å². The zero-order chi connectivity index (χ0) is 15.6. The fraction of sp³-hybridized carbons (Fsp3) is 0.0833. The number of carbonyl (C=O) groups is 1. The highest BCUT2D eigenvalue weighted by Gasteiger charge is 2.21. The van der Waals surface area contributed by atoms with Crippen molar-refractivity contribution in [3.05, 3.63) is 46.8 Å².